The third kappa shape index (κ3) is 0.916. The van der Waals surface area contributed by atoms with Crippen LogP contribution in [0.15, 0.2) is 0 Å². The zero-order chi connectivity index (χ0) is 5.28. The summed E-state index contributed by atoms with van der Waals surface area (Å²) in [6.45, 7) is 4.48. The lowest BCUT2D eigenvalue weighted by Gasteiger charge is -2.33. The molecule has 0 radical (unpaired) electrons. The van der Waals surface area contributed by atoms with E-state index >= 15 is 0 Å². The molecule has 0 aromatic rings. The van der Waals surface area contributed by atoms with Gasteiger partial charge in [0.05, 0.1) is 0 Å². The molecule has 1 saturated heterocycles. The van der Waals surface area contributed by atoms with Crippen molar-refractivity contribution in [2.24, 2.45) is 0 Å². The highest BCUT2D eigenvalue weighted by molar-refractivity contribution is 7.99. The van der Waals surface area contributed by atoms with Gasteiger partial charge in [0.2, 0.25) is 0 Å². The van der Waals surface area contributed by atoms with Crippen molar-refractivity contribution in [1.82, 2.24) is 4.72 Å². The van der Waals surface area contributed by atoms with Gasteiger partial charge in [-0.25, -0.2) is 0 Å². The zero-order valence-corrected chi connectivity index (χ0v) is 5.59. The molecular weight excluding hydrogens is 106 g/mol. The lowest BCUT2D eigenvalue weighted by Crippen LogP contribution is -2.43. The number of nitrogens with one attached hydrogen (secondary N) is 1. The predicted octanol–water partition coefficient (Wildman–Crippen LogP) is 1.40. The van der Waals surface area contributed by atoms with E-state index in [0.29, 0.717) is 0 Å². The molecule has 0 amide bonds. The summed E-state index contributed by atoms with van der Waals surface area (Å²) in [5.41, 5.74) is 0. The van der Waals surface area contributed by atoms with Gasteiger partial charge in [0.25, 0.3) is 0 Å². The first-order chi connectivity index (χ1) is 3.34. The van der Waals surface area contributed by atoms with E-state index in [9.17, 15) is 0 Å². The van der Waals surface area contributed by atoms with Crippen molar-refractivity contribution in [3.05, 3.63) is 0 Å². The summed E-state index contributed by atoms with van der Waals surface area (Å²) in [7, 11) is 0. The Labute approximate surface area is 49.0 Å². The van der Waals surface area contributed by atoms with Gasteiger partial charge in [-0.2, -0.15) is 0 Å². The van der Waals surface area contributed by atoms with Crippen LogP contribution in [0.1, 0.15) is 20.3 Å². The number of hydrogen-bond donors (Lipinski definition) is 1. The van der Waals surface area contributed by atoms with Crippen LogP contribution in [0.25, 0.3) is 0 Å². The Morgan fingerprint density at radius 2 is 2.43 bits per heavy atom. The Kier molecular flexibility index (Phi) is 1.60. The predicted molar refractivity (Wildman–Crippen MR) is 34.3 cm³/mol. The molecular formula is C5H11NS. The Bertz CT molecular complexity index is 63.1. The third-order valence-electron chi connectivity index (χ3n) is 1.41. The molecule has 0 bridgehead atoms. The normalized spacial score (nSPS) is 40.3. The van der Waals surface area contributed by atoms with E-state index in [4.69, 9.17) is 0 Å². The Hall–Kier alpha value is 0.310. The maximum absolute atomic E-state index is 3.26. The second-order valence-electron chi connectivity index (χ2n) is 1.96. The van der Waals surface area contributed by atoms with Gasteiger partial charge in [-0.3, -0.25) is 4.72 Å². The van der Waals surface area contributed by atoms with Crippen molar-refractivity contribution in [3.63, 3.8) is 0 Å². The molecule has 0 aromatic heterocycles. The lowest BCUT2D eigenvalue weighted by atomic mass is 10.2. The molecule has 0 aromatic carbocycles. The fraction of sp³-hybridized carbons (Fsp3) is 1.00. The largest absolute Gasteiger partial charge is 0.260 e. The van der Waals surface area contributed by atoms with Gasteiger partial charge in [-0.15, -0.1) is 0 Å². The van der Waals surface area contributed by atoms with Crippen molar-refractivity contribution >= 4 is 11.9 Å². The first-order valence-corrected chi connectivity index (χ1v) is 3.63. The molecule has 0 saturated carbocycles. The van der Waals surface area contributed by atoms with Crippen LogP contribution in [0.5, 0.6) is 0 Å². The summed E-state index contributed by atoms with van der Waals surface area (Å²) in [5, 5.41) is 0.852. The van der Waals surface area contributed by atoms with Gasteiger partial charge in [-0.1, -0.05) is 25.8 Å². The minimum absolute atomic E-state index is 0.796. The molecule has 1 aliphatic heterocycles. The quantitative estimate of drug-likeness (QED) is 0.521. The van der Waals surface area contributed by atoms with Crippen LogP contribution in [-0.2, 0) is 0 Å². The standard InChI is InChI=1S/C5H11NS/c1-3-5-4(2)7-6-5/h4-6H,3H2,1-2H3. The highest BCUT2D eigenvalue weighted by atomic mass is 32.2. The highest BCUT2D eigenvalue weighted by Gasteiger charge is 2.24. The van der Waals surface area contributed by atoms with Crippen LogP contribution < -0.4 is 4.72 Å². The first-order valence-electron chi connectivity index (χ1n) is 2.75. The van der Waals surface area contributed by atoms with Crippen molar-refractivity contribution in [1.29, 1.82) is 0 Å². The molecule has 2 heteroatoms. The highest BCUT2D eigenvalue weighted by Crippen LogP contribution is 2.24. The third-order valence-corrected chi connectivity index (χ3v) is 2.55. The zero-order valence-electron chi connectivity index (χ0n) is 4.77. The average Bonchev–Trinajstić information content (AvgIpc) is 1.65. The van der Waals surface area contributed by atoms with Crippen LogP contribution in [0.3, 0.4) is 0 Å². The molecule has 1 nitrogen and oxygen atoms in total. The van der Waals surface area contributed by atoms with Gasteiger partial charge < -0.3 is 0 Å². The molecule has 42 valence electrons. The Balaban J connectivity index is 2.16. The molecule has 7 heavy (non-hydrogen) atoms. The SMILES string of the molecule is CCC1NSC1C. The molecule has 1 aliphatic rings. The van der Waals surface area contributed by atoms with Crippen LogP contribution in [-0.4, -0.2) is 11.3 Å². The molecule has 2 atom stereocenters. The van der Waals surface area contributed by atoms with Crippen molar-refractivity contribution < 1.29 is 0 Å². The molecule has 1 N–H and O–H groups in total. The smallest absolute Gasteiger partial charge is 0.0327 e. The van der Waals surface area contributed by atoms with E-state index in [-0.39, 0.29) is 0 Å². The fourth-order valence-electron chi connectivity index (χ4n) is 0.716. The van der Waals surface area contributed by atoms with E-state index < -0.39 is 0 Å². The Morgan fingerprint density at radius 3 is 2.43 bits per heavy atom. The van der Waals surface area contributed by atoms with Crippen LogP contribution in [0.4, 0.5) is 0 Å². The fourth-order valence-corrected chi connectivity index (χ4v) is 1.68. The summed E-state index contributed by atoms with van der Waals surface area (Å²) < 4.78 is 3.26. The van der Waals surface area contributed by atoms with Gasteiger partial charge in [0.1, 0.15) is 0 Å². The number of hydrogen-bond acceptors (Lipinski definition) is 2. The minimum atomic E-state index is 0.796. The van der Waals surface area contributed by atoms with Crippen LogP contribution in [0.2, 0.25) is 0 Å². The monoisotopic (exact) mass is 117 g/mol. The molecule has 0 aliphatic carbocycles. The topological polar surface area (TPSA) is 12.0 Å². The molecule has 1 heterocycles. The van der Waals surface area contributed by atoms with Crippen molar-refractivity contribution in [2.75, 3.05) is 0 Å². The van der Waals surface area contributed by atoms with E-state index in [0.717, 1.165) is 11.3 Å². The average molecular weight is 117 g/mol. The minimum Gasteiger partial charge on any atom is -0.260 e. The molecule has 1 rings (SSSR count). The molecule has 0 spiro atoms. The van der Waals surface area contributed by atoms with Gasteiger partial charge in [0, 0.05) is 11.3 Å². The molecule has 1 fully saturated rings. The van der Waals surface area contributed by atoms with Crippen LogP contribution >= 0.6 is 11.9 Å². The van der Waals surface area contributed by atoms with Crippen molar-refractivity contribution in [3.8, 4) is 0 Å². The summed E-state index contributed by atoms with van der Waals surface area (Å²) in [6, 6.07) is 0.796. The van der Waals surface area contributed by atoms with Gasteiger partial charge in [0.15, 0.2) is 0 Å². The summed E-state index contributed by atoms with van der Waals surface area (Å²) in [4.78, 5) is 0. The second kappa shape index (κ2) is 2.05. The van der Waals surface area contributed by atoms with Crippen LogP contribution in [0, 0.1) is 0 Å². The lowest BCUT2D eigenvalue weighted by molar-refractivity contribution is 0.557. The van der Waals surface area contributed by atoms with Crippen molar-refractivity contribution in [2.45, 2.75) is 31.6 Å². The second-order valence-corrected chi connectivity index (χ2v) is 3.17. The maximum Gasteiger partial charge on any atom is 0.0327 e. The van der Waals surface area contributed by atoms with E-state index in [1.807, 2.05) is 11.9 Å². The molecule has 2 unspecified atom stereocenters. The summed E-state index contributed by atoms with van der Waals surface area (Å²) >= 11 is 1.84. The summed E-state index contributed by atoms with van der Waals surface area (Å²) in [6.07, 6.45) is 1.27. The van der Waals surface area contributed by atoms with Gasteiger partial charge in [-0.05, 0) is 6.42 Å². The van der Waals surface area contributed by atoms with Gasteiger partial charge >= 0.3 is 0 Å². The first kappa shape index (κ1) is 5.45. The Morgan fingerprint density at radius 1 is 1.71 bits per heavy atom. The maximum atomic E-state index is 3.26. The van der Waals surface area contributed by atoms with E-state index in [1.54, 1.807) is 0 Å². The summed E-state index contributed by atoms with van der Waals surface area (Å²) in [5.74, 6) is 0. The number of rotatable bonds is 1. The van der Waals surface area contributed by atoms with E-state index in [1.165, 1.54) is 6.42 Å². The van der Waals surface area contributed by atoms with E-state index in [2.05, 4.69) is 18.6 Å².